The van der Waals surface area contributed by atoms with E-state index < -0.39 is 0 Å². The summed E-state index contributed by atoms with van der Waals surface area (Å²) in [5, 5.41) is 5.24. The Labute approximate surface area is 167 Å². The van der Waals surface area contributed by atoms with Crippen LogP contribution >= 0.6 is 11.8 Å². The summed E-state index contributed by atoms with van der Waals surface area (Å²) < 4.78 is 1.70. The van der Waals surface area contributed by atoms with Crippen LogP contribution in [0.25, 0.3) is 11.3 Å². The van der Waals surface area contributed by atoms with E-state index in [4.69, 9.17) is 5.10 Å². The molecule has 0 fully saturated rings. The zero-order valence-electron chi connectivity index (χ0n) is 15.8. The number of anilines is 1. The van der Waals surface area contributed by atoms with Crippen LogP contribution in [0, 0.1) is 0 Å². The fraction of sp³-hybridized carbons (Fsp3) is 0.238. The van der Waals surface area contributed by atoms with Gasteiger partial charge in [0.05, 0.1) is 11.3 Å². The van der Waals surface area contributed by atoms with Crippen molar-refractivity contribution in [3.05, 3.63) is 70.5 Å². The summed E-state index contributed by atoms with van der Waals surface area (Å²) in [7, 11) is 0. The second-order valence-corrected chi connectivity index (χ2v) is 7.59. The molecule has 2 aromatic carbocycles. The quantitative estimate of drug-likeness (QED) is 0.545. The van der Waals surface area contributed by atoms with Gasteiger partial charge in [0.2, 0.25) is 11.1 Å². The van der Waals surface area contributed by atoms with E-state index in [0.29, 0.717) is 23.0 Å². The molecule has 1 amide bonds. The Morgan fingerprint density at radius 1 is 1.18 bits per heavy atom. The van der Waals surface area contributed by atoms with Gasteiger partial charge in [-0.15, -0.1) is 0 Å². The number of para-hydroxylation sites is 1. The highest BCUT2D eigenvalue weighted by Gasteiger charge is 2.42. The SMILES string of the molecule is CCC1N(C(C)=O)c2ccccc2-c2c(=O)[nH]c(SCc3ccccc3)n[n+]21. The number of rotatable bonds is 4. The maximum absolute atomic E-state index is 13.0. The van der Waals surface area contributed by atoms with Crippen LogP contribution in [-0.4, -0.2) is 16.0 Å². The highest BCUT2D eigenvalue weighted by Crippen LogP contribution is 2.35. The highest BCUT2D eigenvalue weighted by atomic mass is 32.2. The third-order valence-electron chi connectivity index (χ3n) is 4.79. The number of benzene rings is 2. The van der Waals surface area contributed by atoms with E-state index in [1.165, 1.54) is 11.8 Å². The monoisotopic (exact) mass is 393 g/mol. The van der Waals surface area contributed by atoms with Gasteiger partial charge >= 0.3 is 11.3 Å². The van der Waals surface area contributed by atoms with Gasteiger partial charge in [-0.05, 0) is 17.7 Å². The number of fused-ring (bicyclic) bond motifs is 3. The van der Waals surface area contributed by atoms with E-state index in [0.717, 1.165) is 16.8 Å². The smallest absolute Gasteiger partial charge is 0.291 e. The second-order valence-electron chi connectivity index (χ2n) is 6.62. The molecule has 4 rings (SSSR count). The van der Waals surface area contributed by atoms with Gasteiger partial charge in [-0.3, -0.25) is 19.5 Å². The number of amides is 1. The number of carbonyl (C=O) groups excluding carboxylic acids is 1. The van der Waals surface area contributed by atoms with Crippen molar-refractivity contribution in [3.63, 3.8) is 0 Å². The number of nitrogens with one attached hydrogen (secondary N) is 1. The zero-order chi connectivity index (χ0) is 19.7. The number of thioether (sulfide) groups is 1. The summed E-state index contributed by atoms with van der Waals surface area (Å²) in [6.07, 6.45) is 0.311. The fourth-order valence-electron chi connectivity index (χ4n) is 3.57. The van der Waals surface area contributed by atoms with Gasteiger partial charge in [-0.1, -0.05) is 65.8 Å². The van der Waals surface area contributed by atoms with Crippen LogP contribution in [-0.2, 0) is 10.5 Å². The molecule has 2 heterocycles. The Morgan fingerprint density at radius 3 is 2.61 bits per heavy atom. The topological polar surface area (TPSA) is 69.9 Å². The standard InChI is InChI=1S/C21H20N4O2S/c1-3-18-24(14(2)26)17-12-8-7-11-16(17)19-20(27)22-21(23-25(18)19)28-13-15-9-5-4-6-10-15/h4-12,18H,3,13H2,1-2H3/p+1. The Kier molecular flexibility index (Phi) is 5.00. The van der Waals surface area contributed by atoms with Gasteiger partial charge in [-0.25, -0.2) is 0 Å². The summed E-state index contributed by atoms with van der Waals surface area (Å²) >= 11 is 1.47. The number of aromatic amines is 1. The number of aromatic nitrogens is 3. The summed E-state index contributed by atoms with van der Waals surface area (Å²) in [5.74, 6) is 0.630. The predicted octanol–water partition coefficient (Wildman–Crippen LogP) is 3.29. The van der Waals surface area contributed by atoms with Crippen LogP contribution in [0.3, 0.4) is 0 Å². The Balaban J connectivity index is 1.80. The summed E-state index contributed by atoms with van der Waals surface area (Å²) in [5.41, 5.74) is 2.92. The minimum absolute atomic E-state index is 0.0713. The Morgan fingerprint density at radius 2 is 1.89 bits per heavy atom. The van der Waals surface area contributed by atoms with Crippen molar-refractivity contribution in [1.82, 2.24) is 10.1 Å². The van der Waals surface area contributed by atoms with Crippen LogP contribution in [0.4, 0.5) is 5.69 Å². The minimum atomic E-state index is -0.333. The summed E-state index contributed by atoms with van der Waals surface area (Å²) in [6, 6.07) is 17.5. The number of nitrogens with zero attached hydrogens (tertiary/aromatic N) is 3. The largest absolute Gasteiger partial charge is 0.325 e. The molecular formula is C21H21N4O2S+. The first kappa shape index (κ1) is 18.4. The molecule has 28 heavy (non-hydrogen) atoms. The third kappa shape index (κ3) is 3.22. The first-order chi connectivity index (χ1) is 13.6. The summed E-state index contributed by atoms with van der Waals surface area (Å²) in [4.78, 5) is 30.0. The van der Waals surface area contributed by atoms with E-state index in [2.05, 4.69) is 4.98 Å². The zero-order valence-corrected chi connectivity index (χ0v) is 16.6. The van der Waals surface area contributed by atoms with Crippen molar-refractivity contribution >= 4 is 23.4 Å². The first-order valence-corrected chi connectivity index (χ1v) is 10.2. The number of carbonyl (C=O) groups is 1. The normalized spacial score (nSPS) is 15.1. The number of hydrogen-bond acceptors (Lipinski definition) is 4. The van der Waals surface area contributed by atoms with Crippen molar-refractivity contribution in [3.8, 4) is 11.3 Å². The molecule has 3 aromatic rings. The molecule has 1 aliphatic heterocycles. The molecule has 1 N–H and O–H groups in total. The molecule has 1 unspecified atom stereocenters. The van der Waals surface area contributed by atoms with Gasteiger partial charge in [0, 0.05) is 24.2 Å². The first-order valence-electron chi connectivity index (χ1n) is 9.22. The van der Waals surface area contributed by atoms with E-state index >= 15 is 0 Å². The van der Waals surface area contributed by atoms with Gasteiger partial charge in [-0.2, -0.15) is 0 Å². The molecule has 0 bridgehead atoms. The highest BCUT2D eigenvalue weighted by molar-refractivity contribution is 7.98. The predicted molar refractivity (Wildman–Crippen MR) is 109 cm³/mol. The van der Waals surface area contributed by atoms with Crippen LogP contribution in [0.15, 0.2) is 64.5 Å². The lowest BCUT2D eigenvalue weighted by Crippen LogP contribution is -2.60. The number of H-pyrrole nitrogens is 1. The van der Waals surface area contributed by atoms with Gasteiger partial charge in [0.15, 0.2) is 0 Å². The molecule has 6 nitrogen and oxygen atoms in total. The Bertz CT molecular complexity index is 1080. The maximum Gasteiger partial charge on any atom is 0.325 e. The number of hydrogen-bond donors (Lipinski definition) is 1. The van der Waals surface area contributed by atoms with E-state index in [-0.39, 0.29) is 17.6 Å². The lowest BCUT2D eigenvalue weighted by molar-refractivity contribution is -0.771. The fourth-order valence-corrected chi connectivity index (χ4v) is 4.38. The molecule has 0 saturated heterocycles. The van der Waals surface area contributed by atoms with Crippen LogP contribution in [0.2, 0.25) is 0 Å². The van der Waals surface area contributed by atoms with Crippen LogP contribution in [0.5, 0.6) is 0 Å². The lowest BCUT2D eigenvalue weighted by Gasteiger charge is -2.30. The third-order valence-corrected chi connectivity index (χ3v) is 5.72. The molecule has 1 aliphatic rings. The molecule has 7 heteroatoms. The van der Waals surface area contributed by atoms with Crippen molar-refractivity contribution in [2.75, 3.05) is 4.90 Å². The Hall–Kier alpha value is -2.93. The molecule has 0 radical (unpaired) electrons. The second kappa shape index (κ2) is 7.59. The van der Waals surface area contributed by atoms with Gasteiger partial charge < -0.3 is 0 Å². The van der Waals surface area contributed by atoms with E-state index in [1.54, 1.807) is 16.5 Å². The van der Waals surface area contributed by atoms with Crippen LogP contribution < -0.4 is 15.1 Å². The average molecular weight is 393 g/mol. The molecule has 0 spiro atoms. The molecule has 142 valence electrons. The molecular weight excluding hydrogens is 372 g/mol. The van der Waals surface area contributed by atoms with Crippen molar-refractivity contribution in [1.29, 1.82) is 0 Å². The average Bonchev–Trinajstić information content (AvgIpc) is 2.71. The van der Waals surface area contributed by atoms with Gasteiger partial charge in [0.1, 0.15) is 0 Å². The minimum Gasteiger partial charge on any atom is -0.291 e. The molecule has 1 atom stereocenters. The molecule has 0 aliphatic carbocycles. The molecule has 1 aromatic heterocycles. The lowest BCUT2D eigenvalue weighted by atomic mass is 10.0. The van der Waals surface area contributed by atoms with Crippen molar-refractivity contribution in [2.24, 2.45) is 0 Å². The van der Waals surface area contributed by atoms with Gasteiger partial charge in [0.25, 0.3) is 6.17 Å². The molecule has 0 saturated carbocycles. The van der Waals surface area contributed by atoms with Crippen molar-refractivity contribution < 1.29 is 9.48 Å². The summed E-state index contributed by atoms with van der Waals surface area (Å²) in [6.45, 7) is 3.54. The maximum atomic E-state index is 13.0. The van der Waals surface area contributed by atoms with E-state index in [9.17, 15) is 9.59 Å². The van der Waals surface area contributed by atoms with E-state index in [1.807, 2.05) is 61.5 Å². The van der Waals surface area contributed by atoms with Crippen LogP contribution in [0.1, 0.15) is 32.0 Å². The van der Waals surface area contributed by atoms with Crippen molar-refractivity contribution in [2.45, 2.75) is 37.3 Å².